The van der Waals surface area contributed by atoms with E-state index < -0.39 is 0 Å². The molecule has 5 nitrogen and oxygen atoms in total. The molecule has 25 heavy (non-hydrogen) atoms. The van der Waals surface area contributed by atoms with Gasteiger partial charge in [-0.15, -0.1) is 24.8 Å². The second kappa shape index (κ2) is 12.4. The Labute approximate surface area is 163 Å². The fourth-order valence-electron chi connectivity index (χ4n) is 2.86. The SMILES string of the molecule is CN(C)CCCOc1ccc(CNC(=O)C2CCC(N)C2)cc1.Cl.Cl. The molecule has 0 aromatic heterocycles. The molecule has 0 spiro atoms. The van der Waals surface area contributed by atoms with E-state index in [9.17, 15) is 4.79 Å². The highest BCUT2D eigenvalue weighted by Gasteiger charge is 2.27. The van der Waals surface area contributed by atoms with Crippen molar-refractivity contribution in [2.75, 3.05) is 27.2 Å². The van der Waals surface area contributed by atoms with Crippen molar-refractivity contribution in [2.45, 2.75) is 38.3 Å². The Hall–Kier alpha value is -1.01. The summed E-state index contributed by atoms with van der Waals surface area (Å²) in [6.07, 6.45) is 3.69. The number of hydrogen-bond acceptors (Lipinski definition) is 4. The van der Waals surface area contributed by atoms with Crippen LogP contribution in [0.2, 0.25) is 0 Å². The van der Waals surface area contributed by atoms with Gasteiger partial charge in [-0.1, -0.05) is 12.1 Å². The number of halogens is 2. The van der Waals surface area contributed by atoms with Crippen molar-refractivity contribution >= 4 is 30.7 Å². The monoisotopic (exact) mass is 391 g/mol. The molecule has 2 unspecified atom stereocenters. The Morgan fingerprint density at radius 2 is 1.92 bits per heavy atom. The van der Waals surface area contributed by atoms with Crippen LogP contribution in [0.5, 0.6) is 5.75 Å². The topological polar surface area (TPSA) is 67.6 Å². The van der Waals surface area contributed by atoms with Gasteiger partial charge in [-0.25, -0.2) is 0 Å². The van der Waals surface area contributed by atoms with E-state index in [1.165, 1.54) is 0 Å². The first kappa shape index (κ1) is 24.0. The van der Waals surface area contributed by atoms with Gasteiger partial charge >= 0.3 is 0 Å². The smallest absolute Gasteiger partial charge is 0.223 e. The maximum atomic E-state index is 12.1. The van der Waals surface area contributed by atoms with Crippen molar-refractivity contribution in [1.29, 1.82) is 0 Å². The molecule has 1 aromatic carbocycles. The molecule has 0 bridgehead atoms. The van der Waals surface area contributed by atoms with Gasteiger partial charge in [0.1, 0.15) is 5.75 Å². The zero-order valence-electron chi connectivity index (χ0n) is 15.1. The molecule has 7 heteroatoms. The largest absolute Gasteiger partial charge is 0.494 e. The minimum absolute atomic E-state index is 0. The summed E-state index contributed by atoms with van der Waals surface area (Å²) >= 11 is 0. The lowest BCUT2D eigenvalue weighted by Gasteiger charge is -2.12. The number of nitrogens with two attached hydrogens (primary N) is 1. The van der Waals surface area contributed by atoms with E-state index in [0.717, 1.165) is 50.1 Å². The Balaban J connectivity index is 0.00000288. The highest BCUT2D eigenvalue weighted by Crippen LogP contribution is 2.24. The van der Waals surface area contributed by atoms with Crippen molar-refractivity contribution in [2.24, 2.45) is 11.7 Å². The first-order valence-corrected chi connectivity index (χ1v) is 8.44. The van der Waals surface area contributed by atoms with Crippen LogP contribution in [-0.2, 0) is 11.3 Å². The lowest BCUT2D eigenvalue weighted by atomic mass is 10.1. The molecule has 0 heterocycles. The van der Waals surface area contributed by atoms with Crippen LogP contribution in [0.1, 0.15) is 31.2 Å². The van der Waals surface area contributed by atoms with Gasteiger partial charge in [0.25, 0.3) is 0 Å². The third kappa shape index (κ3) is 8.77. The number of ether oxygens (including phenoxy) is 1. The molecule has 144 valence electrons. The van der Waals surface area contributed by atoms with E-state index >= 15 is 0 Å². The van der Waals surface area contributed by atoms with Crippen molar-refractivity contribution in [3.63, 3.8) is 0 Å². The zero-order chi connectivity index (χ0) is 16.7. The summed E-state index contributed by atoms with van der Waals surface area (Å²) in [6.45, 7) is 2.30. The van der Waals surface area contributed by atoms with E-state index in [2.05, 4.69) is 24.3 Å². The second-order valence-electron chi connectivity index (χ2n) is 6.64. The number of benzene rings is 1. The van der Waals surface area contributed by atoms with E-state index in [-0.39, 0.29) is 42.7 Å². The maximum Gasteiger partial charge on any atom is 0.223 e. The van der Waals surface area contributed by atoms with Crippen LogP contribution < -0.4 is 15.8 Å². The molecule has 1 aromatic rings. The molecule has 1 aliphatic carbocycles. The average molecular weight is 392 g/mol. The van der Waals surface area contributed by atoms with Gasteiger partial charge in [0.15, 0.2) is 0 Å². The van der Waals surface area contributed by atoms with E-state index in [0.29, 0.717) is 6.54 Å². The lowest BCUT2D eigenvalue weighted by molar-refractivity contribution is -0.125. The minimum atomic E-state index is 0. The molecule has 0 radical (unpaired) electrons. The van der Waals surface area contributed by atoms with Gasteiger partial charge in [0.05, 0.1) is 6.61 Å². The molecular weight excluding hydrogens is 361 g/mol. The van der Waals surface area contributed by atoms with Gasteiger partial charge in [-0.2, -0.15) is 0 Å². The second-order valence-corrected chi connectivity index (χ2v) is 6.64. The predicted octanol–water partition coefficient (Wildman–Crippen LogP) is 2.60. The summed E-state index contributed by atoms with van der Waals surface area (Å²) in [5.74, 6) is 1.09. The van der Waals surface area contributed by atoms with Crippen molar-refractivity contribution in [3.8, 4) is 5.75 Å². The summed E-state index contributed by atoms with van der Waals surface area (Å²) in [5, 5.41) is 3.00. The van der Waals surface area contributed by atoms with Gasteiger partial charge in [-0.3, -0.25) is 4.79 Å². The number of carbonyl (C=O) groups excluding carboxylic acids is 1. The van der Waals surface area contributed by atoms with Crippen molar-refractivity contribution in [3.05, 3.63) is 29.8 Å². The summed E-state index contributed by atoms with van der Waals surface area (Å²) in [4.78, 5) is 14.2. The molecule has 0 aliphatic heterocycles. The third-order valence-corrected chi connectivity index (χ3v) is 4.25. The first-order chi connectivity index (χ1) is 11.0. The molecule has 1 saturated carbocycles. The molecular formula is C18H31Cl2N3O2. The van der Waals surface area contributed by atoms with Gasteiger partial charge in [0, 0.05) is 25.0 Å². The number of hydrogen-bond donors (Lipinski definition) is 2. The van der Waals surface area contributed by atoms with Crippen LogP contribution in [0.3, 0.4) is 0 Å². The van der Waals surface area contributed by atoms with Crippen LogP contribution in [0.25, 0.3) is 0 Å². The quantitative estimate of drug-likeness (QED) is 0.668. The van der Waals surface area contributed by atoms with E-state index in [4.69, 9.17) is 10.5 Å². The molecule has 0 saturated heterocycles. The number of amides is 1. The molecule has 2 rings (SSSR count). The zero-order valence-corrected chi connectivity index (χ0v) is 16.7. The maximum absolute atomic E-state index is 12.1. The molecule has 3 N–H and O–H groups in total. The molecule has 1 amide bonds. The number of rotatable bonds is 8. The average Bonchev–Trinajstić information content (AvgIpc) is 2.97. The third-order valence-electron chi connectivity index (χ3n) is 4.25. The standard InChI is InChI=1S/C18H29N3O2.2ClH/c1-21(2)10-3-11-23-17-8-4-14(5-9-17)13-20-18(22)15-6-7-16(19)12-15;;/h4-5,8-9,15-16H,3,6-7,10-13,19H2,1-2H3,(H,20,22);2*1H. The van der Waals surface area contributed by atoms with Crippen LogP contribution in [0.15, 0.2) is 24.3 Å². The number of nitrogens with one attached hydrogen (secondary N) is 1. The first-order valence-electron chi connectivity index (χ1n) is 8.44. The summed E-state index contributed by atoms with van der Waals surface area (Å²) < 4.78 is 5.70. The van der Waals surface area contributed by atoms with Crippen LogP contribution in [0, 0.1) is 5.92 Å². The highest BCUT2D eigenvalue weighted by molar-refractivity contribution is 5.85. The lowest BCUT2D eigenvalue weighted by Crippen LogP contribution is -2.29. The normalized spacial score (nSPS) is 19.0. The van der Waals surface area contributed by atoms with E-state index in [1.807, 2.05) is 24.3 Å². The number of carbonyl (C=O) groups is 1. The minimum Gasteiger partial charge on any atom is -0.494 e. The molecule has 1 fully saturated rings. The van der Waals surface area contributed by atoms with Crippen LogP contribution in [0.4, 0.5) is 0 Å². The van der Waals surface area contributed by atoms with Gasteiger partial charge in [0.2, 0.25) is 5.91 Å². The number of nitrogens with zero attached hydrogens (tertiary/aromatic N) is 1. The fourth-order valence-corrected chi connectivity index (χ4v) is 2.86. The fraction of sp³-hybridized carbons (Fsp3) is 0.611. The molecule has 2 atom stereocenters. The van der Waals surface area contributed by atoms with E-state index in [1.54, 1.807) is 0 Å². The summed E-state index contributed by atoms with van der Waals surface area (Å²) in [5.41, 5.74) is 6.94. The van der Waals surface area contributed by atoms with Crippen molar-refractivity contribution < 1.29 is 9.53 Å². The summed E-state index contributed by atoms with van der Waals surface area (Å²) in [7, 11) is 4.12. The summed E-state index contributed by atoms with van der Waals surface area (Å²) in [6, 6.07) is 8.12. The van der Waals surface area contributed by atoms with Crippen LogP contribution >= 0.6 is 24.8 Å². The highest BCUT2D eigenvalue weighted by atomic mass is 35.5. The Morgan fingerprint density at radius 3 is 2.48 bits per heavy atom. The Bertz CT molecular complexity index is 498. The van der Waals surface area contributed by atoms with Gasteiger partial charge < -0.3 is 20.7 Å². The van der Waals surface area contributed by atoms with Crippen molar-refractivity contribution in [1.82, 2.24) is 10.2 Å². The van der Waals surface area contributed by atoms with Gasteiger partial charge in [-0.05, 0) is 57.5 Å². The van der Waals surface area contributed by atoms with Crippen LogP contribution in [-0.4, -0.2) is 44.1 Å². The molecule has 1 aliphatic rings. The predicted molar refractivity (Wildman–Crippen MR) is 107 cm³/mol. The Kier molecular flexibility index (Phi) is 11.9. The Morgan fingerprint density at radius 1 is 1.24 bits per heavy atom.